The fraction of sp³-hybridized carbons (Fsp3) is 0.185. The van der Waals surface area contributed by atoms with Crippen molar-refractivity contribution in [2.45, 2.75) is 27.7 Å². The standard InChI is InChI=1S/C54H50N4O10/c1-31-39(19-21-41(55)47(31)53(61)62)51(59)49-33(3)45(43-9-5-7-23-57(43)49)35-11-15-37(16-12-35)67-29-27-65-25-26-66-28-30-68-38-17-13-36(14-18-38)46-34(4)50(58-24-8-6-10-44(46)58)52(60)40-20-22-42(56)48(32(40)2)54(63)64/h5-24H,25-30,55-56H2,1-4H3,(H,61,62)(H,63,64). The van der Waals surface area contributed by atoms with Gasteiger partial charge in [-0.3, -0.25) is 9.59 Å². The Kier molecular flexibility index (Phi) is 13.4. The molecule has 14 heteroatoms. The summed E-state index contributed by atoms with van der Waals surface area (Å²) in [6.07, 6.45) is 3.65. The van der Waals surface area contributed by atoms with Crippen molar-refractivity contribution in [3.8, 4) is 33.8 Å². The van der Waals surface area contributed by atoms with Gasteiger partial charge < -0.3 is 49.4 Å². The third-order valence-corrected chi connectivity index (χ3v) is 12.2. The number of nitrogens with zero attached hydrogens (tertiary/aromatic N) is 2. The second kappa shape index (κ2) is 19.7. The third-order valence-electron chi connectivity index (χ3n) is 12.2. The van der Waals surface area contributed by atoms with Crippen LogP contribution in [0.1, 0.15) is 75.1 Å². The highest BCUT2D eigenvalue weighted by molar-refractivity contribution is 6.15. The van der Waals surface area contributed by atoms with Crippen LogP contribution in [-0.4, -0.2) is 82.2 Å². The topological polar surface area (TPSA) is 207 Å². The number of carboxylic acid groups (broad SMARTS) is 2. The molecule has 346 valence electrons. The van der Waals surface area contributed by atoms with E-state index in [4.69, 9.17) is 30.4 Å². The molecule has 4 aromatic carbocycles. The number of carbonyl (C=O) groups excluding carboxylic acids is 2. The summed E-state index contributed by atoms with van der Waals surface area (Å²) < 4.78 is 27.0. The van der Waals surface area contributed by atoms with Gasteiger partial charge in [-0.25, -0.2) is 9.59 Å². The number of pyridine rings is 2. The van der Waals surface area contributed by atoms with Gasteiger partial charge in [-0.05, 0) is 134 Å². The largest absolute Gasteiger partial charge is 0.491 e. The van der Waals surface area contributed by atoms with E-state index in [-0.39, 0.29) is 45.2 Å². The third kappa shape index (κ3) is 8.89. The quantitative estimate of drug-likeness (QED) is 0.0340. The number of benzene rings is 4. The van der Waals surface area contributed by atoms with Crippen LogP contribution in [0.15, 0.2) is 122 Å². The van der Waals surface area contributed by atoms with Gasteiger partial charge in [0.1, 0.15) is 24.7 Å². The van der Waals surface area contributed by atoms with Crippen LogP contribution in [0.3, 0.4) is 0 Å². The Bertz CT molecular complexity index is 3020. The number of rotatable bonds is 19. The van der Waals surface area contributed by atoms with E-state index in [1.807, 2.05) is 120 Å². The van der Waals surface area contributed by atoms with Gasteiger partial charge in [0.25, 0.3) is 0 Å². The van der Waals surface area contributed by atoms with Gasteiger partial charge in [0.2, 0.25) is 11.6 Å². The van der Waals surface area contributed by atoms with E-state index in [0.717, 1.165) is 44.4 Å². The molecule has 8 aromatic rings. The summed E-state index contributed by atoms with van der Waals surface area (Å²) in [6, 6.07) is 32.7. The molecule has 0 aliphatic heterocycles. The van der Waals surface area contributed by atoms with E-state index >= 15 is 0 Å². The Hall–Kier alpha value is -8.20. The van der Waals surface area contributed by atoms with Gasteiger partial charge in [0, 0.05) is 46.0 Å². The van der Waals surface area contributed by atoms with Gasteiger partial charge in [0.05, 0.1) is 60.0 Å². The van der Waals surface area contributed by atoms with Crippen molar-refractivity contribution in [3.63, 3.8) is 0 Å². The summed E-state index contributed by atoms with van der Waals surface area (Å²) in [4.78, 5) is 51.9. The van der Waals surface area contributed by atoms with Crippen LogP contribution in [0.25, 0.3) is 33.3 Å². The number of anilines is 2. The Labute approximate surface area is 391 Å². The number of carbonyl (C=O) groups is 4. The first-order valence-corrected chi connectivity index (χ1v) is 21.9. The summed E-state index contributed by atoms with van der Waals surface area (Å²) in [7, 11) is 0. The van der Waals surface area contributed by atoms with E-state index in [2.05, 4.69) is 0 Å². The molecule has 4 aromatic heterocycles. The lowest BCUT2D eigenvalue weighted by Gasteiger charge is -2.11. The summed E-state index contributed by atoms with van der Waals surface area (Å²) >= 11 is 0. The number of hydrogen-bond acceptors (Lipinski definition) is 10. The molecule has 0 aliphatic rings. The number of ether oxygens (including phenoxy) is 4. The van der Waals surface area contributed by atoms with Crippen molar-refractivity contribution < 1.29 is 48.3 Å². The maximum atomic E-state index is 14.0. The Morgan fingerprint density at radius 1 is 0.471 bits per heavy atom. The molecule has 0 atom stereocenters. The second-order valence-corrected chi connectivity index (χ2v) is 16.3. The zero-order valence-electron chi connectivity index (χ0n) is 38.0. The molecule has 0 amide bonds. The lowest BCUT2D eigenvalue weighted by atomic mass is 9.94. The smallest absolute Gasteiger partial charge is 0.338 e. The number of fused-ring (bicyclic) bond motifs is 2. The van der Waals surface area contributed by atoms with Gasteiger partial charge >= 0.3 is 11.9 Å². The lowest BCUT2D eigenvalue weighted by molar-refractivity contribution is 0.0273. The molecule has 0 unspecified atom stereocenters. The van der Waals surface area contributed by atoms with E-state index in [1.54, 1.807) is 26.0 Å². The van der Waals surface area contributed by atoms with Crippen molar-refractivity contribution in [2.75, 3.05) is 51.1 Å². The Morgan fingerprint density at radius 2 is 0.838 bits per heavy atom. The number of ketones is 2. The molecular formula is C54H50N4O10. The highest BCUT2D eigenvalue weighted by atomic mass is 16.6. The number of nitrogens with two attached hydrogens (primary N) is 2. The first kappa shape index (κ1) is 46.3. The molecular weight excluding hydrogens is 865 g/mol. The number of carboxylic acids is 2. The molecule has 0 radical (unpaired) electrons. The number of hydrogen-bond donors (Lipinski definition) is 4. The average molecular weight is 915 g/mol. The zero-order valence-corrected chi connectivity index (χ0v) is 38.0. The van der Waals surface area contributed by atoms with Crippen LogP contribution in [0.2, 0.25) is 0 Å². The SMILES string of the molecule is Cc1c(C(=O)c2c(C)c(-c3ccc(OCCOCCOCCOc4ccc(-c5c(C)c(C(=O)c6ccc(N)c(C(=O)O)c6C)n6ccccc56)cc4)cc3)c3ccccn23)ccc(N)c1C(=O)O. The van der Waals surface area contributed by atoms with Crippen LogP contribution in [0.5, 0.6) is 11.5 Å². The van der Waals surface area contributed by atoms with Gasteiger partial charge in [-0.1, -0.05) is 36.4 Å². The minimum Gasteiger partial charge on any atom is -0.491 e. The van der Waals surface area contributed by atoms with Gasteiger partial charge in [-0.2, -0.15) is 0 Å². The molecule has 6 N–H and O–H groups in total. The molecule has 0 bridgehead atoms. The van der Waals surface area contributed by atoms with Gasteiger partial charge in [-0.15, -0.1) is 0 Å². The van der Waals surface area contributed by atoms with Gasteiger partial charge in [0.15, 0.2) is 0 Å². The van der Waals surface area contributed by atoms with Crippen molar-refractivity contribution in [2.24, 2.45) is 0 Å². The Morgan fingerprint density at radius 3 is 1.21 bits per heavy atom. The molecule has 0 saturated carbocycles. The predicted octanol–water partition coefficient (Wildman–Crippen LogP) is 9.27. The highest BCUT2D eigenvalue weighted by Gasteiger charge is 2.28. The molecule has 68 heavy (non-hydrogen) atoms. The Balaban J connectivity index is 0.798. The first-order chi connectivity index (χ1) is 32.8. The fourth-order valence-corrected chi connectivity index (χ4v) is 8.93. The molecule has 8 rings (SSSR count). The number of nitrogen functional groups attached to an aromatic ring is 2. The zero-order chi connectivity index (χ0) is 48.2. The maximum Gasteiger partial charge on any atom is 0.338 e. The van der Waals surface area contributed by atoms with Crippen LogP contribution in [0.4, 0.5) is 11.4 Å². The maximum absolute atomic E-state index is 14.0. The van der Waals surface area contributed by atoms with Crippen molar-refractivity contribution in [1.29, 1.82) is 0 Å². The van der Waals surface area contributed by atoms with Crippen LogP contribution >= 0.6 is 0 Å². The second-order valence-electron chi connectivity index (χ2n) is 16.3. The average Bonchev–Trinajstić information content (AvgIpc) is 3.78. The summed E-state index contributed by atoms with van der Waals surface area (Å²) in [6.45, 7) is 9.11. The predicted molar refractivity (Wildman–Crippen MR) is 260 cm³/mol. The van der Waals surface area contributed by atoms with Crippen LogP contribution in [-0.2, 0) is 9.47 Å². The minimum atomic E-state index is -1.18. The number of aromatic carboxylic acids is 2. The molecule has 0 aliphatic carbocycles. The lowest BCUT2D eigenvalue weighted by Crippen LogP contribution is -2.13. The summed E-state index contributed by atoms with van der Waals surface area (Å²) in [5.41, 5.74) is 20.8. The van der Waals surface area contributed by atoms with Crippen molar-refractivity contribution in [1.82, 2.24) is 8.80 Å². The molecule has 0 fully saturated rings. The monoisotopic (exact) mass is 914 g/mol. The molecule has 14 nitrogen and oxygen atoms in total. The fourth-order valence-electron chi connectivity index (χ4n) is 8.93. The van der Waals surface area contributed by atoms with E-state index < -0.39 is 11.9 Å². The van der Waals surface area contributed by atoms with Crippen LogP contribution < -0.4 is 20.9 Å². The highest BCUT2D eigenvalue weighted by Crippen LogP contribution is 2.38. The van der Waals surface area contributed by atoms with E-state index in [1.165, 1.54) is 12.1 Å². The summed E-state index contributed by atoms with van der Waals surface area (Å²) in [5, 5.41) is 19.5. The normalized spacial score (nSPS) is 11.3. The molecule has 4 heterocycles. The summed E-state index contributed by atoms with van der Waals surface area (Å²) in [5.74, 6) is -1.64. The van der Waals surface area contributed by atoms with E-state index in [9.17, 15) is 29.4 Å². The first-order valence-electron chi connectivity index (χ1n) is 21.9. The number of aromatic nitrogens is 2. The van der Waals surface area contributed by atoms with Crippen molar-refractivity contribution in [3.05, 3.63) is 177 Å². The molecule has 0 spiro atoms. The van der Waals surface area contributed by atoms with Crippen molar-refractivity contribution >= 4 is 45.9 Å². The van der Waals surface area contributed by atoms with Crippen LogP contribution in [0, 0.1) is 27.7 Å². The minimum absolute atomic E-state index is 0.0761. The molecule has 0 saturated heterocycles. The van der Waals surface area contributed by atoms with E-state index in [0.29, 0.717) is 73.7 Å².